The highest BCUT2D eigenvalue weighted by molar-refractivity contribution is 9.10. The molecule has 0 spiro atoms. The highest BCUT2D eigenvalue weighted by Crippen LogP contribution is 2.31. The van der Waals surface area contributed by atoms with Crippen molar-refractivity contribution in [1.29, 1.82) is 0 Å². The minimum atomic E-state index is 0.622. The van der Waals surface area contributed by atoms with Crippen LogP contribution in [0.2, 0.25) is 0 Å². The molecule has 0 bridgehead atoms. The first-order valence-corrected chi connectivity index (χ1v) is 6.95. The van der Waals surface area contributed by atoms with Crippen molar-refractivity contribution in [2.45, 2.75) is 0 Å². The molecule has 1 aromatic heterocycles. The summed E-state index contributed by atoms with van der Waals surface area (Å²) >= 11 is 3.57. The van der Waals surface area contributed by atoms with Gasteiger partial charge in [0.1, 0.15) is 11.6 Å². The van der Waals surface area contributed by atoms with E-state index in [1.807, 2.05) is 42.5 Å². The topological polar surface area (TPSA) is 63.0 Å². The van der Waals surface area contributed by atoms with Crippen LogP contribution in [-0.4, -0.2) is 4.98 Å². The van der Waals surface area contributed by atoms with Gasteiger partial charge in [0.15, 0.2) is 0 Å². The number of hydrogen-bond donors (Lipinski definition) is 3. The number of hydrogen-bond acceptors (Lipinski definition) is 4. The van der Waals surface area contributed by atoms with Crippen LogP contribution in [0.25, 0.3) is 10.8 Å². The highest BCUT2D eigenvalue weighted by Gasteiger charge is 2.05. The van der Waals surface area contributed by atoms with E-state index in [-0.39, 0.29) is 0 Å². The van der Waals surface area contributed by atoms with Crippen LogP contribution in [0, 0.1) is 0 Å². The number of fused-ring (bicyclic) bond motifs is 1. The summed E-state index contributed by atoms with van der Waals surface area (Å²) in [5.41, 5.74) is 3.55. The molecular weight excluding hydrogens is 316 g/mol. The average Bonchev–Trinajstić information content (AvgIpc) is 2.51. The molecule has 4 N–H and O–H groups in total. The summed E-state index contributed by atoms with van der Waals surface area (Å²) in [5.74, 6) is 6.74. The monoisotopic (exact) mass is 328 g/mol. The summed E-state index contributed by atoms with van der Waals surface area (Å²) in [4.78, 5) is 4.36. The SMILES string of the molecule is NNc1cccc(Nc2ccc(Br)c3ccccc23)n1. The number of nitrogens with two attached hydrogens (primary N) is 1. The van der Waals surface area contributed by atoms with Gasteiger partial charge < -0.3 is 10.7 Å². The number of rotatable bonds is 3. The number of benzene rings is 2. The van der Waals surface area contributed by atoms with Crippen LogP contribution in [0.3, 0.4) is 0 Å². The number of hydrazine groups is 1. The first-order valence-electron chi connectivity index (χ1n) is 6.16. The second-order valence-electron chi connectivity index (χ2n) is 4.32. The van der Waals surface area contributed by atoms with E-state index in [0.717, 1.165) is 26.8 Å². The van der Waals surface area contributed by atoms with E-state index >= 15 is 0 Å². The van der Waals surface area contributed by atoms with Gasteiger partial charge in [0.25, 0.3) is 0 Å². The number of anilines is 3. The Morgan fingerprint density at radius 3 is 2.40 bits per heavy atom. The lowest BCUT2D eigenvalue weighted by molar-refractivity contribution is 1.23. The number of nitrogen functional groups attached to an aromatic ring is 1. The summed E-state index contributed by atoms with van der Waals surface area (Å²) < 4.78 is 1.07. The normalized spacial score (nSPS) is 10.5. The molecule has 0 radical (unpaired) electrons. The maximum absolute atomic E-state index is 5.38. The van der Waals surface area contributed by atoms with Crippen LogP contribution >= 0.6 is 15.9 Å². The smallest absolute Gasteiger partial charge is 0.142 e. The van der Waals surface area contributed by atoms with Gasteiger partial charge >= 0.3 is 0 Å². The fraction of sp³-hybridized carbons (Fsp3) is 0. The predicted octanol–water partition coefficient (Wildman–Crippen LogP) is 4.03. The van der Waals surface area contributed by atoms with Gasteiger partial charge in [-0.25, -0.2) is 10.8 Å². The third kappa shape index (κ3) is 2.45. The van der Waals surface area contributed by atoms with Crippen molar-refractivity contribution in [2.75, 3.05) is 10.7 Å². The van der Waals surface area contributed by atoms with Crippen molar-refractivity contribution in [3.8, 4) is 0 Å². The van der Waals surface area contributed by atoms with Crippen LogP contribution in [0.1, 0.15) is 0 Å². The molecule has 0 fully saturated rings. The lowest BCUT2D eigenvalue weighted by Gasteiger charge is -2.11. The van der Waals surface area contributed by atoms with E-state index in [2.05, 4.69) is 43.8 Å². The van der Waals surface area contributed by atoms with Crippen molar-refractivity contribution in [1.82, 2.24) is 4.98 Å². The second-order valence-corrected chi connectivity index (χ2v) is 5.17. The third-order valence-corrected chi connectivity index (χ3v) is 3.72. The molecule has 1 heterocycles. The lowest BCUT2D eigenvalue weighted by atomic mass is 10.1. The van der Waals surface area contributed by atoms with E-state index in [9.17, 15) is 0 Å². The fourth-order valence-electron chi connectivity index (χ4n) is 2.09. The number of aromatic nitrogens is 1. The van der Waals surface area contributed by atoms with Gasteiger partial charge in [0.05, 0.1) is 0 Å². The molecule has 0 saturated carbocycles. The Bertz CT molecular complexity index is 758. The first-order chi connectivity index (χ1) is 9.78. The molecule has 20 heavy (non-hydrogen) atoms. The summed E-state index contributed by atoms with van der Waals surface area (Å²) in [7, 11) is 0. The summed E-state index contributed by atoms with van der Waals surface area (Å²) in [6.07, 6.45) is 0. The second kappa shape index (κ2) is 5.48. The van der Waals surface area contributed by atoms with E-state index in [1.54, 1.807) is 0 Å². The Labute approximate surface area is 125 Å². The minimum Gasteiger partial charge on any atom is -0.340 e. The lowest BCUT2D eigenvalue weighted by Crippen LogP contribution is -2.08. The molecule has 0 aliphatic heterocycles. The number of nitrogens with one attached hydrogen (secondary N) is 2. The maximum atomic E-state index is 5.38. The summed E-state index contributed by atoms with van der Waals surface area (Å²) in [6, 6.07) is 17.9. The van der Waals surface area contributed by atoms with Crippen molar-refractivity contribution in [3.63, 3.8) is 0 Å². The van der Waals surface area contributed by atoms with Gasteiger partial charge in [-0.1, -0.05) is 46.3 Å². The molecule has 4 nitrogen and oxygen atoms in total. The van der Waals surface area contributed by atoms with E-state index in [0.29, 0.717) is 5.82 Å². The van der Waals surface area contributed by atoms with Gasteiger partial charge in [-0.3, -0.25) is 0 Å². The quantitative estimate of drug-likeness (QED) is 0.501. The molecular formula is C15H13BrN4. The zero-order chi connectivity index (χ0) is 13.9. The maximum Gasteiger partial charge on any atom is 0.142 e. The van der Waals surface area contributed by atoms with Crippen molar-refractivity contribution in [3.05, 3.63) is 59.1 Å². The Morgan fingerprint density at radius 2 is 1.60 bits per heavy atom. The largest absolute Gasteiger partial charge is 0.340 e. The van der Waals surface area contributed by atoms with Gasteiger partial charge in [-0.05, 0) is 29.7 Å². The third-order valence-electron chi connectivity index (χ3n) is 3.03. The van der Waals surface area contributed by atoms with Crippen LogP contribution in [0.4, 0.5) is 17.3 Å². The molecule has 3 aromatic rings. The molecule has 0 amide bonds. The Balaban J connectivity index is 2.04. The first kappa shape index (κ1) is 12.9. The zero-order valence-electron chi connectivity index (χ0n) is 10.6. The van der Waals surface area contributed by atoms with Gasteiger partial charge in [-0.15, -0.1) is 0 Å². The molecule has 2 aromatic carbocycles. The number of nitrogens with zero attached hydrogens (tertiary/aromatic N) is 1. The average molecular weight is 329 g/mol. The molecule has 0 aliphatic rings. The van der Waals surface area contributed by atoms with Gasteiger partial charge in [-0.2, -0.15) is 0 Å². The zero-order valence-corrected chi connectivity index (χ0v) is 12.2. The molecule has 3 rings (SSSR count). The van der Waals surface area contributed by atoms with E-state index in [4.69, 9.17) is 5.84 Å². The van der Waals surface area contributed by atoms with Crippen molar-refractivity contribution < 1.29 is 0 Å². The molecule has 0 aliphatic carbocycles. The van der Waals surface area contributed by atoms with Crippen LogP contribution in [-0.2, 0) is 0 Å². The fourth-order valence-corrected chi connectivity index (χ4v) is 2.57. The molecule has 0 atom stereocenters. The van der Waals surface area contributed by atoms with Crippen LogP contribution in [0.5, 0.6) is 0 Å². The highest BCUT2D eigenvalue weighted by atomic mass is 79.9. The minimum absolute atomic E-state index is 0.622. The number of halogens is 1. The molecule has 5 heteroatoms. The van der Waals surface area contributed by atoms with Crippen LogP contribution < -0.4 is 16.6 Å². The summed E-state index contributed by atoms with van der Waals surface area (Å²) in [5, 5.41) is 5.61. The van der Waals surface area contributed by atoms with Crippen LogP contribution in [0.15, 0.2) is 59.1 Å². The van der Waals surface area contributed by atoms with E-state index < -0.39 is 0 Å². The Morgan fingerprint density at radius 1 is 0.850 bits per heavy atom. The van der Waals surface area contributed by atoms with Crippen molar-refractivity contribution in [2.24, 2.45) is 5.84 Å². The Kier molecular flexibility index (Phi) is 3.54. The summed E-state index contributed by atoms with van der Waals surface area (Å²) in [6.45, 7) is 0. The molecule has 0 saturated heterocycles. The van der Waals surface area contributed by atoms with Gasteiger partial charge in [0, 0.05) is 15.5 Å². The van der Waals surface area contributed by atoms with Gasteiger partial charge in [0.2, 0.25) is 0 Å². The molecule has 100 valence electrons. The van der Waals surface area contributed by atoms with Crippen molar-refractivity contribution >= 4 is 44.0 Å². The molecule has 0 unspecified atom stereocenters. The van der Waals surface area contributed by atoms with E-state index in [1.165, 1.54) is 0 Å². The Hall–Kier alpha value is -2.11. The standard InChI is InChI=1S/C15H13BrN4/c16-12-8-9-13(11-5-2-1-4-10(11)12)18-14-6-3-7-15(19-14)20-17/h1-9H,17H2,(H2,18,19,20). The predicted molar refractivity (Wildman–Crippen MR) is 87.0 cm³/mol. The number of pyridine rings is 1.